The topological polar surface area (TPSA) is 43.0 Å². The highest BCUT2D eigenvalue weighted by molar-refractivity contribution is 5.84. The average molecular weight is 217 g/mol. The van der Waals surface area contributed by atoms with Crippen molar-refractivity contribution < 1.29 is 0 Å². The summed E-state index contributed by atoms with van der Waals surface area (Å²) in [6, 6.07) is 8.71. The van der Waals surface area contributed by atoms with Gasteiger partial charge in [0, 0.05) is 36.2 Å². The second-order valence-electron chi connectivity index (χ2n) is 4.34. The maximum atomic E-state index is 6.01. The molecule has 1 aromatic heterocycles. The van der Waals surface area contributed by atoms with Crippen LogP contribution in [0.25, 0.3) is 10.9 Å². The molecule has 2 aromatic rings. The van der Waals surface area contributed by atoms with Crippen LogP contribution in [0.1, 0.15) is 18.5 Å². The van der Waals surface area contributed by atoms with Gasteiger partial charge in [0.15, 0.2) is 0 Å². The number of aryl methyl sites for hydroxylation is 1. The molecule has 0 aliphatic rings. The molecule has 3 heteroatoms. The third-order valence-corrected chi connectivity index (χ3v) is 3.10. The van der Waals surface area contributed by atoms with Crippen molar-refractivity contribution >= 4 is 10.9 Å². The van der Waals surface area contributed by atoms with E-state index in [1.807, 2.05) is 14.0 Å². The summed E-state index contributed by atoms with van der Waals surface area (Å²) >= 11 is 0. The van der Waals surface area contributed by atoms with Crippen LogP contribution in [-0.4, -0.2) is 17.7 Å². The maximum absolute atomic E-state index is 6.01. The van der Waals surface area contributed by atoms with Crippen LogP contribution in [-0.2, 0) is 7.05 Å². The van der Waals surface area contributed by atoms with E-state index in [0.717, 1.165) is 0 Å². The summed E-state index contributed by atoms with van der Waals surface area (Å²) in [4.78, 5) is 0. The molecule has 0 aliphatic heterocycles. The van der Waals surface area contributed by atoms with E-state index in [1.54, 1.807) is 0 Å². The highest BCUT2D eigenvalue weighted by Crippen LogP contribution is 2.26. The maximum Gasteiger partial charge on any atom is 0.0489 e. The first-order chi connectivity index (χ1) is 7.65. The first kappa shape index (κ1) is 11.2. The number of nitrogens with zero attached hydrogens (tertiary/aromatic N) is 1. The smallest absolute Gasteiger partial charge is 0.0489 e. The van der Waals surface area contributed by atoms with E-state index in [9.17, 15) is 0 Å². The van der Waals surface area contributed by atoms with Crippen molar-refractivity contribution in [2.45, 2.75) is 19.0 Å². The molecule has 2 atom stereocenters. The molecule has 0 spiro atoms. The number of nitrogens with two attached hydrogens (primary N) is 1. The van der Waals surface area contributed by atoms with E-state index in [-0.39, 0.29) is 12.1 Å². The Labute approximate surface area is 96.2 Å². The van der Waals surface area contributed by atoms with Gasteiger partial charge in [-0.15, -0.1) is 0 Å². The zero-order chi connectivity index (χ0) is 11.7. The summed E-state index contributed by atoms with van der Waals surface area (Å²) in [7, 11) is 4.02. The number of likely N-dealkylation sites (N-methyl/N-ethyl adjacent to an activating group) is 1. The molecule has 2 unspecified atom stereocenters. The van der Waals surface area contributed by atoms with Crippen molar-refractivity contribution in [2.75, 3.05) is 7.05 Å². The SMILES string of the molecule is CNC(c1cn(C)c2ccccc12)C(C)N. The van der Waals surface area contributed by atoms with Gasteiger partial charge in [-0.2, -0.15) is 0 Å². The van der Waals surface area contributed by atoms with Crippen LogP contribution in [0.15, 0.2) is 30.5 Å². The molecule has 1 aromatic carbocycles. The quantitative estimate of drug-likeness (QED) is 0.823. The normalized spacial score (nSPS) is 15.2. The van der Waals surface area contributed by atoms with Crippen molar-refractivity contribution in [3.8, 4) is 0 Å². The molecule has 0 saturated carbocycles. The van der Waals surface area contributed by atoms with E-state index in [2.05, 4.69) is 47.4 Å². The summed E-state index contributed by atoms with van der Waals surface area (Å²) in [5.74, 6) is 0. The van der Waals surface area contributed by atoms with E-state index >= 15 is 0 Å². The highest BCUT2D eigenvalue weighted by atomic mass is 15.0. The van der Waals surface area contributed by atoms with Gasteiger partial charge in [0.2, 0.25) is 0 Å². The third kappa shape index (κ3) is 1.72. The van der Waals surface area contributed by atoms with Crippen LogP contribution in [0, 0.1) is 0 Å². The second kappa shape index (κ2) is 4.28. The first-order valence-electron chi connectivity index (χ1n) is 5.62. The predicted molar refractivity (Wildman–Crippen MR) is 68.4 cm³/mol. The van der Waals surface area contributed by atoms with Crippen LogP contribution < -0.4 is 11.1 Å². The minimum Gasteiger partial charge on any atom is -0.350 e. The monoisotopic (exact) mass is 217 g/mol. The molecular weight excluding hydrogens is 198 g/mol. The summed E-state index contributed by atoms with van der Waals surface area (Å²) < 4.78 is 2.15. The summed E-state index contributed by atoms with van der Waals surface area (Å²) in [5, 5.41) is 4.56. The summed E-state index contributed by atoms with van der Waals surface area (Å²) in [6.07, 6.45) is 2.16. The fourth-order valence-electron chi connectivity index (χ4n) is 2.32. The molecule has 0 amide bonds. The Balaban J connectivity index is 2.60. The van der Waals surface area contributed by atoms with E-state index in [4.69, 9.17) is 5.73 Å². The van der Waals surface area contributed by atoms with Gasteiger partial charge in [-0.3, -0.25) is 0 Å². The van der Waals surface area contributed by atoms with Crippen LogP contribution >= 0.6 is 0 Å². The molecule has 86 valence electrons. The van der Waals surface area contributed by atoms with Gasteiger partial charge in [0.25, 0.3) is 0 Å². The fourth-order valence-corrected chi connectivity index (χ4v) is 2.32. The van der Waals surface area contributed by atoms with Gasteiger partial charge in [-0.05, 0) is 25.6 Å². The lowest BCUT2D eigenvalue weighted by molar-refractivity contribution is 0.506. The Morgan fingerprint density at radius 3 is 2.62 bits per heavy atom. The molecule has 0 saturated heterocycles. The molecule has 16 heavy (non-hydrogen) atoms. The lowest BCUT2D eigenvalue weighted by Crippen LogP contribution is -2.33. The zero-order valence-electron chi connectivity index (χ0n) is 10.1. The van der Waals surface area contributed by atoms with Crippen molar-refractivity contribution in [3.63, 3.8) is 0 Å². The Bertz CT molecular complexity index is 485. The highest BCUT2D eigenvalue weighted by Gasteiger charge is 2.18. The number of hydrogen-bond acceptors (Lipinski definition) is 2. The Kier molecular flexibility index (Phi) is 2.99. The van der Waals surface area contributed by atoms with Gasteiger partial charge in [0.1, 0.15) is 0 Å². The number of fused-ring (bicyclic) bond motifs is 1. The molecule has 0 bridgehead atoms. The number of hydrogen-bond donors (Lipinski definition) is 2. The molecule has 0 aliphatic carbocycles. The van der Waals surface area contributed by atoms with Gasteiger partial charge in [-0.1, -0.05) is 18.2 Å². The van der Waals surface area contributed by atoms with Crippen molar-refractivity contribution in [3.05, 3.63) is 36.0 Å². The fraction of sp³-hybridized carbons (Fsp3) is 0.385. The minimum absolute atomic E-state index is 0.0933. The lowest BCUT2D eigenvalue weighted by Gasteiger charge is -2.19. The summed E-state index contributed by atoms with van der Waals surface area (Å²) in [6.45, 7) is 2.03. The van der Waals surface area contributed by atoms with Gasteiger partial charge in [0.05, 0.1) is 0 Å². The molecular formula is C13H19N3. The largest absolute Gasteiger partial charge is 0.350 e. The third-order valence-electron chi connectivity index (χ3n) is 3.10. The zero-order valence-corrected chi connectivity index (χ0v) is 10.1. The number of nitrogens with one attached hydrogen (secondary N) is 1. The van der Waals surface area contributed by atoms with E-state index < -0.39 is 0 Å². The second-order valence-corrected chi connectivity index (χ2v) is 4.34. The molecule has 1 heterocycles. The molecule has 0 fully saturated rings. The number of benzene rings is 1. The average Bonchev–Trinajstić information content (AvgIpc) is 2.58. The van der Waals surface area contributed by atoms with Crippen LogP contribution in [0.5, 0.6) is 0 Å². The number of para-hydroxylation sites is 1. The minimum atomic E-state index is 0.0933. The lowest BCUT2D eigenvalue weighted by atomic mass is 10.0. The van der Waals surface area contributed by atoms with Crippen molar-refractivity contribution in [1.82, 2.24) is 9.88 Å². The molecule has 3 nitrogen and oxygen atoms in total. The molecule has 2 rings (SSSR count). The van der Waals surface area contributed by atoms with Crippen LogP contribution in [0.4, 0.5) is 0 Å². The Hall–Kier alpha value is -1.32. The number of rotatable bonds is 3. The standard InChI is InChI=1S/C13H19N3/c1-9(14)13(15-2)11-8-16(3)12-7-5-4-6-10(11)12/h4-9,13,15H,14H2,1-3H3. The van der Waals surface area contributed by atoms with Gasteiger partial charge >= 0.3 is 0 Å². The Morgan fingerprint density at radius 2 is 2.00 bits per heavy atom. The van der Waals surface area contributed by atoms with Crippen molar-refractivity contribution in [2.24, 2.45) is 12.8 Å². The van der Waals surface area contributed by atoms with Crippen molar-refractivity contribution in [1.29, 1.82) is 0 Å². The van der Waals surface area contributed by atoms with Crippen LogP contribution in [0.3, 0.4) is 0 Å². The van der Waals surface area contributed by atoms with Crippen LogP contribution in [0.2, 0.25) is 0 Å². The van der Waals surface area contributed by atoms with Gasteiger partial charge < -0.3 is 15.6 Å². The first-order valence-corrected chi connectivity index (χ1v) is 5.62. The Morgan fingerprint density at radius 1 is 1.31 bits per heavy atom. The summed E-state index contributed by atoms with van der Waals surface area (Å²) in [5.41, 5.74) is 8.53. The van der Waals surface area contributed by atoms with E-state index in [1.165, 1.54) is 16.5 Å². The number of aromatic nitrogens is 1. The van der Waals surface area contributed by atoms with E-state index in [0.29, 0.717) is 0 Å². The molecule has 0 radical (unpaired) electrons. The molecule has 3 N–H and O–H groups in total. The predicted octanol–water partition coefficient (Wildman–Crippen LogP) is 1.79. The van der Waals surface area contributed by atoms with Gasteiger partial charge in [-0.25, -0.2) is 0 Å².